The molecule has 0 aliphatic carbocycles. The summed E-state index contributed by atoms with van der Waals surface area (Å²) in [4.78, 5) is 4.25. The topological polar surface area (TPSA) is 97.0 Å². The van der Waals surface area contributed by atoms with Crippen LogP contribution in [0, 0.1) is 18.3 Å². The Morgan fingerprint density at radius 3 is 2.50 bits per heavy atom. The molecule has 0 saturated heterocycles. The summed E-state index contributed by atoms with van der Waals surface area (Å²) in [5, 5.41) is 8.81. The lowest BCUT2D eigenvalue weighted by Crippen LogP contribution is -2.13. The van der Waals surface area contributed by atoms with Gasteiger partial charge in [0.1, 0.15) is 5.75 Å². The molecule has 26 heavy (non-hydrogen) atoms. The molecular weight excluding hydrogens is 352 g/mol. The van der Waals surface area contributed by atoms with Crippen molar-refractivity contribution in [2.24, 2.45) is 0 Å². The Bertz CT molecular complexity index is 1080. The number of aryl methyl sites for hydroxylation is 1. The highest BCUT2D eigenvalue weighted by Gasteiger charge is 2.16. The minimum atomic E-state index is -3.77. The summed E-state index contributed by atoms with van der Waals surface area (Å²) in [6.45, 7) is 1.88. The van der Waals surface area contributed by atoms with Crippen molar-refractivity contribution in [2.45, 2.75) is 11.8 Å². The fourth-order valence-corrected chi connectivity index (χ4v) is 3.48. The number of methoxy groups -OCH3 is 1. The molecule has 1 N–H and O–H groups in total. The Hall–Kier alpha value is -3.31. The molecule has 1 aromatic heterocycles. The number of nitrogens with zero attached hydrogens (tertiary/aromatic N) is 3. The zero-order chi connectivity index (χ0) is 18.7. The molecule has 1 heterocycles. The maximum Gasteiger partial charge on any atom is 0.261 e. The molecule has 0 aliphatic heterocycles. The minimum absolute atomic E-state index is 0.0739. The van der Waals surface area contributed by atoms with Crippen LogP contribution < -0.4 is 9.46 Å². The van der Waals surface area contributed by atoms with Crippen molar-refractivity contribution in [2.75, 3.05) is 11.8 Å². The van der Waals surface area contributed by atoms with E-state index in [1.807, 2.05) is 19.2 Å². The number of aromatic nitrogens is 2. The fraction of sp³-hybridized carbons (Fsp3) is 0.111. The molecule has 2 aromatic carbocycles. The number of nitrogens with one attached hydrogen (secondary N) is 1. The quantitative estimate of drug-likeness (QED) is 0.747. The van der Waals surface area contributed by atoms with Gasteiger partial charge >= 0.3 is 0 Å². The highest BCUT2D eigenvalue weighted by Crippen LogP contribution is 2.28. The van der Waals surface area contributed by atoms with Crippen LogP contribution >= 0.6 is 0 Å². The summed E-state index contributed by atoms with van der Waals surface area (Å²) in [6.07, 6.45) is 3.51. The largest absolute Gasteiger partial charge is 0.494 e. The first-order valence-electron chi connectivity index (χ1n) is 7.65. The smallest absolute Gasteiger partial charge is 0.261 e. The first-order valence-corrected chi connectivity index (χ1v) is 9.13. The second-order valence-electron chi connectivity index (χ2n) is 5.55. The van der Waals surface area contributed by atoms with Gasteiger partial charge in [0, 0.05) is 12.3 Å². The molecule has 0 bridgehead atoms. The molecule has 0 radical (unpaired) electrons. The molecule has 0 aliphatic rings. The first kappa shape index (κ1) is 17.5. The lowest BCUT2D eigenvalue weighted by atomic mass is 10.2. The Morgan fingerprint density at radius 2 is 1.92 bits per heavy atom. The molecule has 0 unspecified atom stereocenters. The van der Waals surface area contributed by atoms with Gasteiger partial charge in [-0.1, -0.05) is 0 Å². The van der Waals surface area contributed by atoms with Gasteiger partial charge in [0.25, 0.3) is 10.0 Å². The van der Waals surface area contributed by atoms with Crippen LogP contribution in [0.3, 0.4) is 0 Å². The summed E-state index contributed by atoms with van der Waals surface area (Å²) < 4.78 is 34.7. The van der Waals surface area contributed by atoms with Crippen LogP contribution in [-0.4, -0.2) is 25.1 Å². The van der Waals surface area contributed by atoms with Gasteiger partial charge in [0.05, 0.1) is 47.0 Å². The van der Waals surface area contributed by atoms with E-state index in [-0.39, 0.29) is 4.90 Å². The van der Waals surface area contributed by atoms with Gasteiger partial charge in [0.2, 0.25) is 0 Å². The van der Waals surface area contributed by atoms with Crippen LogP contribution in [0.1, 0.15) is 11.3 Å². The van der Waals surface area contributed by atoms with E-state index in [0.29, 0.717) is 17.0 Å². The van der Waals surface area contributed by atoms with Crippen molar-refractivity contribution < 1.29 is 13.2 Å². The molecule has 0 amide bonds. The van der Waals surface area contributed by atoms with E-state index in [1.165, 1.54) is 31.4 Å². The highest BCUT2D eigenvalue weighted by molar-refractivity contribution is 7.92. The van der Waals surface area contributed by atoms with Crippen molar-refractivity contribution in [3.8, 4) is 17.5 Å². The molecule has 0 atom stereocenters. The zero-order valence-electron chi connectivity index (χ0n) is 14.2. The van der Waals surface area contributed by atoms with Crippen LogP contribution in [-0.2, 0) is 10.0 Å². The summed E-state index contributed by atoms with van der Waals surface area (Å²) in [7, 11) is -2.26. The summed E-state index contributed by atoms with van der Waals surface area (Å²) >= 11 is 0. The predicted octanol–water partition coefficient (Wildman–Crippen LogP) is 2.86. The summed E-state index contributed by atoms with van der Waals surface area (Å²) in [5.41, 5.74) is 2.37. The molecule has 8 heteroatoms. The Morgan fingerprint density at radius 1 is 1.19 bits per heavy atom. The van der Waals surface area contributed by atoms with Crippen LogP contribution in [0.15, 0.2) is 59.9 Å². The van der Waals surface area contributed by atoms with Gasteiger partial charge in [-0.3, -0.25) is 4.72 Å². The number of ether oxygens (including phenoxy) is 1. The number of hydrogen-bond donors (Lipinski definition) is 1. The van der Waals surface area contributed by atoms with Gasteiger partial charge < -0.3 is 9.30 Å². The molecule has 0 fully saturated rings. The predicted molar refractivity (Wildman–Crippen MR) is 96.8 cm³/mol. The summed E-state index contributed by atoms with van der Waals surface area (Å²) in [5.74, 6) is 0.502. The Balaban J connectivity index is 1.91. The highest BCUT2D eigenvalue weighted by atomic mass is 32.2. The van der Waals surface area contributed by atoms with Crippen LogP contribution in [0.5, 0.6) is 5.75 Å². The van der Waals surface area contributed by atoms with Gasteiger partial charge in [-0.05, 0) is 43.3 Å². The number of rotatable bonds is 5. The average Bonchev–Trinajstić information content (AvgIpc) is 3.07. The third-order valence-corrected chi connectivity index (χ3v) is 5.11. The normalized spacial score (nSPS) is 11.0. The fourth-order valence-electron chi connectivity index (χ4n) is 2.43. The van der Waals surface area contributed by atoms with E-state index < -0.39 is 10.0 Å². The van der Waals surface area contributed by atoms with E-state index in [9.17, 15) is 8.42 Å². The maximum atomic E-state index is 12.5. The third kappa shape index (κ3) is 3.53. The number of hydrogen-bond acceptors (Lipinski definition) is 5. The van der Waals surface area contributed by atoms with Crippen molar-refractivity contribution in [3.05, 3.63) is 66.2 Å². The van der Waals surface area contributed by atoms with Crippen molar-refractivity contribution in [1.82, 2.24) is 9.55 Å². The van der Waals surface area contributed by atoms with E-state index in [2.05, 4.69) is 9.71 Å². The zero-order valence-corrected chi connectivity index (χ0v) is 15.0. The summed E-state index contributed by atoms with van der Waals surface area (Å²) in [6, 6.07) is 12.6. The third-order valence-electron chi connectivity index (χ3n) is 3.72. The number of benzene rings is 2. The van der Waals surface area contributed by atoms with Crippen molar-refractivity contribution in [1.29, 1.82) is 5.26 Å². The van der Waals surface area contributed by atoms with Crippen LogP contribution in [0.25, 0.3) is 5.69 Å². The molecule has 0 spiro atoms. The number of imidazole rings is 1. The van der Waals surface area contributed by atoms with Gasteiger partial charge in [-0.15, -0.1) is 0 Å². The standard InChI is InChI=1S/C18H16N4O3S/c1-13-11-22(12-20-13)17-8-5-15(9-18(17)25-2)21-26(23,24)16-6-3-14(10-19)4-7-16/h3-9,11-12,21H,1-2H3. The molecule has 3 aromatic rings. The first-order chi connectivity index (χ1) is 12.4. The molecule has 0 saturated carbocycles. The SMILES string of the molecule is COc1cc(NS(=O)(=O)c2ccc(C#N)cc2)ccc1-n1cnc(C)c1. The van der Waals surface area contributed by atoms with Crippen LogP contribution in [0.4, 0.5) is 5.69 Å². The molecule has 132 valence electrons. The minimum Gasteiger partial charge on any atom is -0.494 e. The maximum absolute atomic E-state index is 12.5. The Kier molecular flexibility index (Phi) is 4.65. The molecule has 3 rings (SSSR count). The van der Waals surface area contributed by atoms with Gasteiger partial charge in [-0.2, -0.15) is 5.26 Å². The average molecular weight is 368 g/mol. The monoisotopic (exact) mass is 368 g/mol. The van der Waals surface area contributed by atoms with Crippen LogP contribution in [0.2, 0.25) is 0 Å². The Labute approximate surface area is 151 Å². The molecular formula is C18H16N4O3S. The number of anilines is 1. The van der Waals surface area contributed by atoms with E-state index in [0.717, 1.165) is 11.4 Å². The lowest BCUT2D eigenvalue weighted by molar-refractivity contribution is 0.413. The number of sulfonamides is 1. The van der Waals surface area contributed by atoms with Crippen molar-refractivity contribution >= 4 is 15.7 Å². The van der Waals surface area contributed by atoms with Crippen molar-refractivity contribution in [3.63, 3.8) is 0 Å². The number of nitriles is 1. The lowest BCUT2D eigenvalue weighted by Gasteiger charge is -2.13. The second kappa shape index (κ2) is 6.90. The van der Waals surface area contributed by atoms with E-state index >= 15 is 0 Å². The second-order valence-corrected chi connectivity index (χ2v) is 7.23. The van der Waals surface area contributed by atoms with Gasteiger partial charge in [-0.25, -0.2) is 13.4 Å². The van der Waals surface area contributed by atoms with E-state index in [4.69, 9.17) is 10.00 Å². The van der Waals surface area contributed by atoms with Gasteiger partial charge in [0.15, 0.2) is 0 Å². The molecule has 7 nitrogen and oxygen atoms in total. The van der Waals surface area contributed by atoms with E-state index in [1.54, 1.807) is 29.1 Å².